The predicted molar refractivity (Wildman–Crippen MR) is 122 cm³/mol. The van der Waals surface area contributed by atoms with Gasteiger partial charge in [-0.3, -0.25) is 14.7 Å². The fourth-order valence-electron chi connectivity index (χ4n) is 4.44. The summed E-state index contributed by atoms with van der Waals surface area (Å²) in [6.07, 6.45) is 9.82. The summed E-state index contributed by atoms with van der Waals surface area (Å²) < 4.78 is 0. The van der Waals surface area contributed by atoms with E-state index in [9.17, 15) is 4.79 Å². The van der Waals surface area contributed by atoms with Crippen LogP contribution in [0.2, 0.25) is 0 Å². The minimum Gasteiger partial charge on any atom is -0.367 e. The molecule has 7 heteroatoms. The Hall–Kier alpha value is -3.48. The zero-order valence-corrected chi connectivity index (χ0v) is 17.6. The summed E-state index contributed by atoms with van der Waals surface area (Å²) in [5, 5.41) is 7.01. The summed E-state index contributed by atoms with van der Waals surface area (Å²) in [6.45, 7) is 1.94. The number of hydrogen-bond acceptors (Lipinski definition) is 6. The molecule has 158 valence electrons. The maximum atomic E-state index is 12.6. The normalized spacial score (nSPS) is 20.4. The molecular formula is C24H26N6O. The Labute approximate surface area is 181 Å². The SMILES string of the molecule is Cc1cnc(N[C@H]2CC[C@H](Nc3ccc(N4C(=O)CCc5ccccc54)cn3)C2)cn1. The van der Waals surface area contributed by atoms with Crippen LogP contribution in [-0.2, 0) is 11.2 Å². The number of hydrogen-bond donors (Lipinski definition) is 2. The molecule has 0 unspecified atom stereocenters. The number of fused-ring (bicyclic) bond motifs is 1. The topological polar surface area (TPSA) is 83.0 Å². The summed E-state index contributed by atoms with van der Waals surface area (Å²) in [6, 6.07) is 12.7. The van der Waals surface area contributed by atoms with E-state index in [1.807, 2.05) is 37.3 Å². The van der Waals surface area contributed by atoms with Gasteiger partial charge in [-0.15, -0.1) is 0 Å². The van der Waals surface area contributed by atoms with Crippen LogP contribution in [0.3, 0.4) is 0 Å². The van der Waals surface area contributed by atoms with Crippen LogP contribution >= 0.6 is 0 Å². The van der Waals surface area contributed by atoms with E-state index in [1.165, 1.54) is 5.56 Å². The molecule has 1 aromatic carbocycles. The highest BCUT2D eigenvalue weighted by Crippen LogP contribution is 2.34. The van der Waals surface area contributed by atoms with Gasteiger partial charge in [0.1, 0.15) is 11.6 Å². The number of aromatic nitrogens is 3. The Bertz CT molecular complexity index is 1070. The number of rotatable bonds is 5. The summed E-state index contributed by atoms with van der Waals surface area (Å²) in [4.78, 5) is 27.7. The molecule has 3 aromatic rings. The number of carbonyl (C=O) groups is 1. The minimum atomic E-state index is 0.116. The quantitative estimate of drug-likeness (QED) is 0.650. The zero-order valence-electron chi connectivity index (χ0n) is 17.6. The highest BCUT2D eigenvalue weighted by atomic mass is 16.2. The second-order valence-electron chi connectivity index (χ2n) is 8.30. The van der Waals surface area contributed by atoms with Crippen LogP contribution in [0.25, 0.3) is 0 Å². The van der Waals surface area contributed by atoms with Crippen molar-refractivity contribution in [2.24, 2.45) is 0 Å². The highest BCUT2D eigenvalue weighted by Gasteiger charge is 2.27. The smallest absolute Gasteiger partial charge is 0.231 e. The van der Waals surface area contributed by atoms with E-state index in [4.69, 9.17) is 0 Å². The minimum absolute atomic E-state index is 0.116. The van der Waals surface area contributed by atoms with Crippen molar-refractivity contribution in [1.29, 1.82) is 0 Å². The van der Waals surface area contributed by atoms with Crippen LogP contribution in [0.15, 0.2) is 55.0 Å². The number of anilines is 4. The number of amides is 1. The summed E-state index contributed by atoms with van der Waals surface area (Å²) >= 11 is 0. The van der Waals surface area contributed by atoms with Crippen molar-refractivity contribution < 1.29 is 4.79 Å². The molecule has 2 aromatic heterocycles. The molecule has 2 aliphatic rings. The molecule has 1 fully saturated rings. The monoisotopic (exact) mass is 414 g/mol. The van der Waals surface area contributed by atoms with Gasteiger partial charge in [-0.1, -0.05) is 18.2 Å². The van der Waals surface area contributed by atoms with Crippen molar-refractivity contribution >= 4 is 28.9 Å². The maximum absolute atomic E-state index is 12.6. The molecular weight excluding hydrogens is 388 g/mol. The first-order valence-electron chi connectivity index (χ1n) is 10.8. The van der Waals surface area contributed by atoms with E-state index in [-0.39, 0.29) is 5.91 Å². The highest BCUT2D eigenvalue weighted by molar-refractivity contribution is 6.02. The van der Waals surface area contributed by atoms with Crippen LogP contribution in [0.1, 0.15) is 36.9 Å². The Morgan fingerprint density at radius 1 is 0.871 bits per heavy atom. The Morgan fingerprint density at radius 2 is 1.65 bits per heavy atom. The van der Waals surface area contributed by atoms with Crippen molar-refractivity contribution in [2.75, 3.05) is 15.5 Å². The number of carbonyl (C=O) groups excluding carboxylic acids is 1. The molecule has 0 radical (unpaired) electrons. The third kappa shape index (κ3) is 4.21. The Morgan fingerprint density at radius 3 is 2.39 bits per heavy atom. The van der Waals surface area contributed by atoms with Gasteiger partial charge >= 0.3 is 0 Å². The van der Waals surface area contributed by atoms with Crippen molar-refractivity contribution in [2.45, 2.75) is 51.1 Å². The Kier molecular flexibility index (Phi) is 5.24. The lowest BCUT2D eigenvalue weighted by Crippen LogP contribution is -2.30. The molecule has 1 aliphatic carbocycles. The molecule has 2 N–H and O–H groups in total. The molecule has 0 spiro atoms. The van der Waals surface area contributed by atoms with Gasteiger partial charge in [-0.05, 0) is 56.4 Å². The van der Waals surface area contributed by atoms with Gasteiger partial charge in [0.2, 0.25) is 5.91 Å². The first-order chi connectivity index (χ1) is 15.2. The van der Waals surface area contributed by atoms with Gasteiger partial charge in [0.25, 0.3) is 0 Å². The molecule has 31 heavy (non-hydrogen) atoms. The number of aryl methyl sites for hydroxylation is 2. The molecule has 3 heterocycles. The summed E-state index contributed by atoms with van der Waals surface area (Å²) in [7, 11) is 0. The summed E-state index contributed by atoms with van der Waals surface area (Å²) in [5.41, 5.74) is 3.89. The van der Waals surface area contributed by atoms with Gasteiger partial charge in [-0.25, -0.2) is 9.97 Å². The van der Waals surface area contributed by atoms with E-state index >= 15 is 0 Å². The zero-order chi connectivity index (χ0) is 21.2. The van der Waals surface area contributed by atoms with Gasteiger partial charge in [0.05, 0.1) is 35.7 Å². The first kappa shape index (κ1) is 19.5. The van der Waals surface area contributed by atoms with Crippen molar-refractivity contribution in [3.05, 3.63) is 66.2 Å². The number of pyridine rings is 1. The summed E-state index contributed by atoms with van der Waals surface area (Å²) in [5.74, 6) is 1.78. The number of para-hydroxylation sites is 1. The van der Waals surface area contributed by atoms with Crippen LogP contribution in [-0.4, -0.2) is 32.9 Å². The van der Waals surface area contributed by atoms with Crippen LogP contribution in [0, 0.1) is 6.92 Å². The Balaban J connectivity index is 1.22. The number of nitrogens with zero attached hydrogens (tertiary/aromatic N) is 4. The average molecular weight is 415 g/mol. The number of benzene rings is 1. The standard InChI is InChI=1S/C24H26N6O/c1-16-13-26-23(15-25-16)29-19-8-7-18(12-19)28-22-10-9-20(14-27-22)30-21-5-3-2-4-17(21)6-11-24(30)31/h2-5,9-10,13-15,18-19H,6-8,11-12H2,1H3,(H,26,29)(H,27,28)/t18-,19-/m0/s1. The third-order valence-electron chi connectivity index (χ3n) is 6.01. The fraction of sp³-hybridized carbons (Fsp3) is 0.333. The van der Waals surface area contributed by atoms with Crippen LogP contribution < -0.4 is 15.5 Å². The van der Waals surface area contributed by atoms with Crippen molar-refractivity contribution in [3.8, 4) is 0 Å². The maximum Gasteiger partial charge on any atom is 0.231 e. The molecule has 2 atom stereocenters. The van der Waals surface area contributed by atoms with Crippen LogP contribution in [0.4, 0.5) is 23.0 Å². The second-order valence-corrected chi connectivity index (χ2v) is 8.30. The van der Waals surface area contributed by atoms with Gasteiger partial charge in [0.15, 0.2) is 0 Å². The molecule has 1 aliphatic heterocycles. The molecule has 0 saturated heterocycles. The lowest BCUT2D eigenvalue weighted by Gasteiger charge is -2.29. The third-order valence-corrected chi connectivity index (χ3v) is 6.01. The van der Waals surface area contributed by atoms with E-state index in [0.717, 1.165) is 54.4 Å². The molecule has 5 rings (SSSR count). The van der Waals surface area contributed by atoms with Crippen LogP contribution in [0.5, 0.6) is 0 Å². The molecule has 7 nitrogen and oxygen atoms in total. The fourth-order valence-corrected chi connectivity index (χ4v) is 4.44. The lowest BCUT2D eigenvalue weighted by atomic mass is 10.0. The second kappa shape index (κ2) is 8.34. The van der Waals surface area contributed by atoms with E-state index < -0.39 is 0 Å². The largest absolute Gasteiger partial charge is 0.367 e. The van der Waals surface area contributed by atoms with Gasteiger partial charge < -0.3 is 10.6 Å². The first-order valence-corrected chi connectivity index (χ1v) is 10.8. The van der Waals surface area contributed by atoms with Gasteiger partial charge in [0, 0.05) is 18.5 Å². The lowest BCUT2D eigenvalue weighted by molar-refractivity contribution is -0.118. The predicted octanol–water partition coefficient (Wildman–Crippen LogP) is 4.24. The van der Waals surface area contributed by atoms with Crippen molar-refractivity contribution in [1.82, 2.24) is 15.0 Å². The van der Waals surface area contributed by atoms with E-state index in [1.54, 1.807) is 23.5 Å². The van der Waals surface area contributed by atoms with Crippen molar-refractivity contribution in [3.63, 3.8) is 0 Å². The molecule has 1 saturated carbocycles. The van der Waals surface area contributed by atoms with E-state index in [0.29, 0.717) is 18.5 Å². The van der Waals surface area contributed by atoms with Gasteiger partial charge in [-0.2, -0.15) is 0 Å². The molecule has 1 amide bonds. The average Bonchev–Trinajstić information content (AvgIpc) is 3.23. The molecule has 0 bridgehead atoms. The number of nitrogens with one attached hydrogen (secondary N) is 2. The van der Waals surface area contributed by atoms with E-state index in [2.05, 4.69) is 31.7 Å².